The van der Waals surface area contributed by atoms with E-state index in [4.69, 9.17) is 14.3 Å². The van der Waals surface area contributed by atoms with Gasteiger partial charge in [0.25, 0.3) is 5.91 Å². The molecule has 0 bridgehead atoms. The molecular formula is C29H38N2O4. The van der Waals surface area contributed by atoms with Crippen molar-refractivity contribution in [3.8, 4) is 0 Å². The summed E-state index contributed by atoms with van der Waals surface area (Å²) >= 11 is 0. The molecule has 2 aliphatic heterocycles. The van der Waals surface area contributed by atoms with E-state index in [-0.39, 0.29) is 5.91 Å². The summed E-state index contributed by atoms with van der Waals surface area (Å²) < 4.78 is 12.0. The number of nitrogens with zero attached hydrogens (tertiary/aromatic N) is 2. The lowest BCUT2D eigenvalue weighted by Crippen LogP contribution is -2.55. The van der Waals surface area contributed by atoms with Crippen molar-refractivity contribution in [3.63, 3.8) is 0 Å². The van der Waals surface area contributed by atoms with E-state index in [0.29, 0.717) is 19.8 Å². The smallest absolute Gasteiger partial charge is 0.258 e. The molecule has 0 saturated carbocycles. The molecule has 1 saturated heterocycles. The maximum absolute atomic E-state index is 14.2. The SMILES string of the molecule is COCCCN1C(=O)C(c2c(C)cc(C)cc2C)=C(OCc2ccccc2)C12CCN(OC)CC2. The van der Waals surface area contributed by atoms with Crippen LogP contribution < -0.4 is 0 Å². The lowest BCUT2D eigenvalue weighted by atomic mass is 9.84. The van der Waals surface area contributed by atoms with Crippen LogP contribution in [0.25, 0.3) is 5.57 Å². The number of piperidine rings is 1. The fourth-order valence-electron chi connectivity index (χ4n) is 5.73. The van der Waals surface area contributed by atoms with Gasteiger partial charge < -0.3 is 19.2 Å². The Kier molecular flexibility index (Phi) is 7.95. The third-order valence-electron chi connectivity index (χ3n) is 7.32. The largest absolute Gasteiger partial charge is 0.490 e. The fourth-order valence-corrected chi connectivity index (χ4v) is 5.73. The van der Waals surface area contributed by atoms with Crippen LogP contribution in [0.4, 0.5) is 0 Å². The Morgan fingerprint density at radius 2 is 1.63 bits per heavy atom. The molecule has 6 nitrogen and oxygen atoms in total. The van der Waals surface area contributed by atoms with Crippen LogP contribution in [-0.4, -0.2) is 61.9 Å². The number of amides is 1. The van der Waals surface area contributed by atoms with E-state index in [9.17, 15) is 4.79 Å². The topological polar surface area (TPSA) is 51.2 Å². The minimum Gasteiger partial charge on any atom is -0.490 e. The van der Waals surface area contributed by atoms with Crippen LogP contribution in [0, 0.1) is 20.8 Å². The molecule has 0 radical (unpaired) electrons. The van der Waals surface area contributed by atoms with E-state index in [1.165, 1.54) is 5.56 Å². The molecular weight excluding hydrogens is 440 g/mol. The molecule has 35 heavy (non-hydrogen) atoms. The van der Waals surface area contributed by atoms with Crippen LogP contribution in [0.15, 0.2) is 48.2 Å². The van der Waals surface area contributed by atoms with Gasteiger partial charge in [0, 0.05) is 33.4 Å². The van der Waals surface area contributed by atoms with Crippen molar-refractivity contribution < 1.29 is 19.1 Å². The van der Waals surface area contributed by atoms with Gasteiger partial charge in [-0.05, 0) is 62.3 Å². The first kappa shape index (κ1) is 25.4. The number of aryl methyl sites for hydroxylation is 3. The zero-order valence-corrected chi connectivity index (χ0v) is 21.7. The van der Waals surface area contributed by atoms with Gasteiger partial charge in [-0.15, -0.1) is 0 Å². The molecule has 1 fully saturated rings. The normalized spacial score (nSPS) is 18.1. The van der Waals surface area contributed by atoms with Crippen LogP contribution in [0.3, 0.4) is 0 Å². The molecule has 1 spiro atoms. The highest BCUT2D eigenvalue weighted by molar-refractivity contribution is 6.24. The van der Waals surface area contributed by atoms with Gasteiger partial charge in [0.1, 0.15) is 17.9 Å². The van der Waals surface area contributed by atoms with Crippen LogP contribution in [0.2, 0.25) is 0 Å². The van der Waals surface area contributed by atoms with Gasteiger partial charge in [-0.3, -0.25) is 4.79 Å². The van der Waals surface area contributed by atoms with Gasteiger partial charge in [0.2, 0.25) is 0 Å². The maximum Gasteiger partial charge on any atom is 0.258 e. The first-order valence-corrected chi connectivity index (χ1v) is 12.5. The predicted octanol–water partition coefficient (Wildman–Crippen LogP) is 4.81. The van der Waals surface area contributed by atoms with Gasteiger partial charge in [0.15, 0.2) is 0 Å². The first-order chi connectivity index (χ1) is 16.9. The van der Waals surface area contributed by atoms with Crippen molar-refractivity contribution in [2.24, 2.45) is 0 Å². The van der Waals surface area contributed by atoms with Crippen molar-refractivity contribution in [1.29, 1.82) is 0 Å². The second kappa shape index (κ2) is 10.9. The summed E-state index contributed by atoms with van der Waals surface area (Å²) in [4.78, 5) is 21.8. The van der Waals surface area contributed by atoms with E-state index in [1.54, 1.807) is 14.2 Å². The van der Waals surface area contributed by atoms with Crippen molar-refractivity contribution in [1.82, 2.24) is 9.96 Å². The Morgan fingerprint density at radius 3 is 2.23 bits per heavy atom. The van der Waals surface area contributed by atoms with Crippen LogP contribution in [-0.2, 0) is 25.7 Å². The Bertz CT molecular complexity index is 1050. The number of carbonyl (C=O) groups is 1. The second-order valence-electron chi connectivity index (χ2n) is 9.70. The average molecular weight is 479 g/mol. The maximum atomic E-state index is 14.2. The Balaban J connectivity index is 1.84. The highest BCUT2D eigenvalue weighted by Gasteiger charge is 2.54. The quantitative estimate of drug-likeness (QED) is 0.484. The standard InChI is InChI=1S/C29H38N2O4/c1-21-18-22(2)25(23(3)19-21)26-27(35-20-24-10-7-6-8-11-24)29(12-15-30(34-5)16-13-29)31(28(26)32)14-9-17-33-4/h6-8,10-11,18-19H,9,12-17,20H2,1-5H3. The summed E-state index contributed by atoms with van der Waals surface area (Å²) in [7, 11) is 3.41. The van der Waals surface area contributed by atoms with Gasteiger partial charge in [0.05, 0.1) is 12.7 Å². The molecule has 6 heteroatoms. The summed E-state index contributed by atoms with van der Waals surface area (Å²) in [5.74, 6) is 0.875. The third kappa shape index (κ3) is 5.01. The van der Waals surface area contributed by atoms with E-state index < -0.39 is 5.54 Å². The number of carbonyl (C=O) groups excluding carboxylic acids is 1. The van der Waals surface area contributed by atoms with Crippen LogP contribution >= 0.6 is 0 Å². The molecule has 0 aliphatic carbocycles. The van der Waals surface area contributed by atoms with E-state index in [2.05, 4.69) is 49.9 Å². The van der Waals surface area contributed by atoms with Crippen molar-refractivity contribution >= 4 is 11.5 Å². The minimum atomic E-state index is -0.492. The molecule has 0 unspecified atom stereocenters. The number of ether oxygens (including phenoxy) is 2. The van der Waals surface area contributed by atoms with E-state index in [1.807, 2.05) is 23.3 Å². The number of hydrogen-bond donors (Lipinski definition) is 0. The highest BCUT2D eigenvalue weighted by Crippen LogP contribution is 2.48. The summed E-state index contributed by atoms with van der Waals surface area (Å²) in [5.41, 5.74) is 5.73. The second-order valence-corrected chi connectivity index (χ2v) is 9.70. The molecule has 1 amide bonds. The van der Waals surface area contributed by atoms with Gasteiger partial charge >= 0.3 is 0 Å². The Labute approximate surface area is 209 Å². The predicted molar refractivity (Wildman–Crippen MR) is 138 cm³/mol. The zero-order chi connectivity index (χ0) is 25.0. The Morgan fingerprint density at radius 1 is 0.971 bits per heavy atom. The molecule has 2 aromatic carbocycles. The Hall–Kier alpha value is -2.67. The number of rotatable bonds is 9. The number of methoxy groups -OCH3 is 1. The van der Waals surface area contributed by atoms with Gasteiger partial charge in [-0.1, -0.05) is 48.0 Å². The summed E-state index contributed by atoms with van der Waals surface area (Å²) in [6.07, 6.45) is 2.30. The zero-order valence-electron chi connectivity index (χ0n) is 21.7. The van der Waals surface area contributed by atoms with Crippen LogP contribution in [0.5, 0.6) is 0 Å². The van der Waals surface area contributed by atoms with Crippen molar-refractivity contribution in [2.75, 3.05) is 40.5 Å². The third-order valence-corrected chi connectivity index (χ3v) is 7.32. The van der Waals surface area contributed by atoms with Crippen LogP contribution in [0.1, 0.15) is 47.1 Å². The first-order valence-electron chi connectivity index (χ1n) is 12.5. The molecule has 0 N–H and O–H groups in total. The average Bonchev–Trinajstić information content (AvgIpc) is 3.05. The monoisotopic (exact) mass is 478 g/mol. The summed E-state index contributed by atoms with van der Waals surface area (Å²) in [5, 5.41) is 1.97. The van der Waals surface area contributed by atoms with Gasteiger partial charge in [-0.25, -0.2) is 0 Å². The minimum absolute atomic E-state index is 0.0603. The van der Waals surface area contributed by atoms with Gasteiger partial charge in [-0.2, -0.15) is 5.06 Å². The fraction of sp³-hybridized carbons (Fsp3) is 0.483. The number of hydroxylamine groups is 2. The molecule has 2 heterocycles. The molecule has 0 atom stereocenters. The lowest BCUT2D eigenvalue weighted by Gasteiger charge is -2.45. The molecule has 0 aromatic heterocycles. The van der Waals surface area contributed by atoms with Crippen molar-refractivity contribution in [3.05, 3.63) is 76.0 Å². The summed E-state index contributed by atoms with van der Waals surface area (Å²) in [6.45, 7) is 9.44. The lowest BCUT2D eigenvalue weighted by molar-refractivity contribution is -0.165. The molecule has 188 valence electrons. The van der Waals surface area contributed by atoms with E-state index in [0.717, 1.165) is 65.9 Å². The number of benzene rings is 2. The molecule has 2 aromatic rings. The van der Waals surface area contributed by atoms with E-state index >= 15 is 0 Å². The number of hydrogen-bond acceptors (Lipinski definition) is 5. The highest BCUT2D eigenvalue weighted by atomic mass is 16.7. The molecule has 4 rings (SSSR count). The summed E-state index contributed by atoms with van der Waals surface area (Å²) in [6, 6.07) is 14.5. The molecule has 2 aliphatic rings. The van der Waals surface area contributed by atoms with Crippen molar-refractivity contribution in [2.45, 2.75) is 52.2 Å².